The average molecular weight is 478 g/mol. The summed E-state index contributed by atoms with van der Waals surface area (Å²) in [6.07, 6.45) is 6.95. The topological polar surface area (TPSA) is 119 Å². The van der Waals surface area contributed by atoms with Crippen LogP contribution in [-0.2, 0) is 6.54 Å². The highest BCUT2D eigenvalue weighted by atomic mass is 19.1. The molecule has 0 atom stereocenters. The predicted octanol–water partition coefficient (Wildman–Crippen LogP) is 2.23. The van der Waals surface area contributed by atoms with Crippen molar-refractivity contribution in [3.05, 3.63) is 70.8 Å². The Hall–Kier alpha value is -3.86. The van der Waals surface area contributed by atoms with E-state index in [2.05, 4.69) is 15.1 Å². The van der Waals surface area contributed by atoms with E-state index in [0.717, 1.165) is 12.8 Å². The molecule has 1 aromatic carbocycles. The van der Waals surface area contributed by atoms with E-state index in [1.807, 2.05) is 0 Å². The first-order chi connectivity index (χ1) is 16.9. The molecule has 11 heteroatoms. The fraction of sp³-hybridized carbons (Fsp3) is 0.375. The third-order valence-electron chi connectivity index (χ3n) is 6.73. The Bertz CT molecular complexity index is 1460. The van der Waals surface area contributed by atoms with Crippen LogP contribution in [-0.4, -0.2) is 58.8 Å². The molecule has 4 aromatic rings. The van der Waals surface area contributed by atoms with Gasteiger partial charge < -0.3 is 14.4 Å². The first kappa shape index (κ1) is 21.7. The maximum atomic E-state index is 13.3. The zero-order valence-electron chi connectivity index (χ0n) is 18.8. The van der Waals surface area contributed by atoms with Crippen LogP contribution >= 0.6 is 0 Å². The normalized spacial score (nSPS) is 17.7. The second-order valence-electron chi connectivity index (χ2n) is 9.30. The van der Waals surface area contributed by atoms with Gasteiger partial charge in [-0.25, -0.2) is 18.9 Å². The van der Waals surface area contributed by atoms with E-state index in [0.29, 0.717) is 49.1 Å². The van der Waals surface area contributed by atoms with Crippen molar-refractivity contribution in [2.24, 2.45) is 0 Å². The molecular formula is C24H23FN6O4. The van der Waals surface area contributed by atoms with E-state index in [1.54, 1.807) is 17.0 Å². The van der Waals surface area contributed by atoms with Gasteiger partial charge in [0, 0.05) is 24.6 Å². The van der Waals surface area contributed by atoms with Gasteiger partial charge in [-0.3, -0.25) is 14.2 Å². The standard InChI is InChI=1S/C24H23FN6O4/c25-17-5-3-15(4-6-17)20-26-11-18-22(32)30(14-28-31(18)20)13-24(34)7-9-29(10-8-24)23(33)19-12-27-21(35-19)16-1-2-16/h3-6,11-12,14,16,34H,1-2,7-10,13H2. The van der Waals surface area contributed by atoms with Crippen LogP contribution in [0.5, 0.6) is 0 Å². The molecule has 35 heavy (non-hydrogen) atoms. The molecule has 0 radical (unpaired) electrons. The minimum absolute atomic E-state index is 0.0442. The lowest BCUT2D eigenvalue weighted by atomic mass is 9.91. The maximum absolute atomic E-state index is 13.3. The smallest absolute Gasteiger partial charge is 0.291 e. The van der Waals surface area contributed by atoms with E-state index in [4.69, 9.17) is 4.42 Å². The molecule has 1 saturated heterocycles. The number of rotatable bonds is 5. The molecule has 1 N–H and O–H groups in total. The molecule has 3 aromatic heterocycles. The molecule has 1 aliphatic heterocycles. The van der Waals surface area contributed by atoms with Crippen molar-refractivity contribution < 1.29 is 18.7 Å². The number of carbonyl (C=O) groups excluding carboxylic acids is 1. The second kappa shape index (κ2) is 8.12. The number of likely N-dealkylation sites (tertiary alicyclic amines) is 1. The van der Waals surface area contributed by atoms with Crippen molar-refractivity contribution in [2.45, 2.75) is 43.7 Å². The number of aliphatic hydroxyl groups is 1. The minimum atomic E-state index is -1.17. The summed E-state index contributed by atoms with van der Waals surface area (Å²) in [7, 11) is 0. The van der Waals surface area contributed by atoms with Gasteiger partial charge in [-0.05, 0) is 49.9 Å². The number of halogens is 1. The summed E-state index contributed by atoms with van der Waals surface area (Å²) in [5.41, 5.74) is -0.634. The second-order valence-corrected chi connectivity index (χ2v) is 9.30. The third kappa shape index (κ3) is 4.01. The maximum Gasteiger partial charge on any atom is 0.291 e. The fourth-order valence-corrected chi connectivity index (χ4v) is 4.49. The Morgan fingerprint density at radius 1 is 1.14 bits per heavy atom. The summed E-state index contributed by atoms with van der Waals surface area (Å²) in [5.74, 6) is 0.989. The molecule has 2 aliphatic rings. The van der Waals surface area contributed by atoms with Gasteiger partial charge in [0.05, 0.1) is 24.5 Å². The van der Waals surface area contributed by atoms with E-state index >= 15 is 0 Å². The molecular weight excluding hydrogens is 455 g/mol. The molecule has 2 fully saturated rings. The van der Waals surface area contributed by atoms with Gasteiger partial charge in [-0.1, -0.05) is 0 Å². The number of fused-ring (bicyclic) bond motifs is 1. The number of aromatic nitrogens is 5. The van der Waals surface area contributed by atoms with Crippen molar-refractivity contribution in [1.82, 2.24) is 29.0 Å². The highest BCUT2D eigenvalue weighted by Gasteiger charge is 2.36. The molecule has 0 spiro atoms. The lowest BCUT2D eigenvalue weighted by Gasteiger charge is -2.38. The van der Waals surface area contributed by atoms with Crippen molar-refractivity contribution >= 4 is 11.4 Å². The minimum Gasteiger partial charge on any atom is -0.435 e. The molecule has 1 amide bonds. The van der Waals surface area contributed by atoms with Gasteiger partial charge in [0.15, 0.2) is 17.2 Å². The summed E-state index contributed by atoms with van der Waals surface area (Å²) in [6.45, 7) is 0.712. The lowest BCUT2D eigenvalue weighted by molar-refractivity contribution is -0.0305. The number of benzene rings is 1. The summed E-state index contributed by atoms with van der Waals surface area (Å²) < 4.78 is 21.6. The van der Waals surface area contributed by atoms with Crippen LogP contribution in [0.4, 0.5) is 4.39 Å². The van der Waals surface area contributed by atoms with Crippen LogP contribution in [0, 0.1) is 5.82 Å². The number of amides is 1. The van der Waals surface area contributed by atoms with Crippen LogP contribution in [0.15, 0.2) is 52.2 Å². The Morgan fingerprint density at radius 2 is 1.89 bits per heavy atom. The summed E-state index contributed by atoms with van der Waals surface area (Å²) in [5, 5.41) is 15.5. The van der Waals surface area contributed by atoms with Gasteiger partial charge in [-0.2, -0.15) is 5.10 Å². The number of nitrogens with zero attached hydrogens (tertiary/aromatic N) is 6. The van der Waals surface area contributed by atoms with Crippen molar-refractivity contribution in [3.8, 4) is 11.4 Å². The number of hydrogen-bond donors (Lipinski definition) is 1. The van der Waals surface area contributed by atoms with Crippen LogP contribution in [0.1, 0.15) is 48.0 Å². The van der Waals surface area contributed by atoms with E-state index in [9.17, 15) is 19.1 Å². The Morgan fingerprint density at radius 3 is 2.60 bits per heavy atom. The van der Waals surface area contributed by atoms with Gasteiger partial charge in [0.2, 0.25) is 5.76 Å². The highest BCUT2D eigenvalue weighted by Crippen LogP contribution is 2.39. The zero-order chi connectivity index (χ0) is 24.2. The van der Waals surface area contributed by atoms with Crippen molar-refractivity contribution in [2.75, 3.05) is 13.1 Å². The third-order valence-corrected chi connectivity index (χ3v) is 6.73. The molecule has 10 nitrogen and oxygen atoms in total. The van der Waals surface area contributed by atoms with Crippen molar-refractivity contribution in [1.29, 1.82) is 0 Å². The fourth-order valence-electron chi connectivity index (χ4n) is 4.49. The number of imidazole rings is 1. The molecule has 4 heterocycles. The van der Waals surface area contributed by atoms with E-state index in [-0.39, 0.29) is 35.1 Å². The van der Waals surface area contributed by atoms with Gasteiger partial charge in [0.1, 0.15) is 12.1 Å². The zero-order valence-corrected chi connectivity index (χ0v) is 18.8. The first-order valence-corrected chi connectivity index (χ1v) is 11.6. The number of piperidine rings is 1. The van der Waals surface area contributed by atoms with Crippen LogP contribution in [0.25, 0.3) is 16.9 Å². The van der Waals surface area contributed by atoms with E-state index in [1.165, 1.54) is 39.9 Å². The quantitative estimate of drug-likeness (QED) is 0.467. The Labute approximate surface area is 198 Å². The molecule has 180 valence electrons. The van der Waals surface area contributed by atoms with Gasteiger partial charge in [0.25, 0.3) is 11.5 Å². The van der Waals surface area contributed by atoms with Crippen LogP contribution in [0.3, 0.4) is 0 Å². The summed E-state index contributed by atoms with van der Waals surface area (Å²) >= 11 is 0. The molecule has 0 bridgehead atoms. The van der Waals surface area contributed by atoms with Crippen LogP contribution < -0.4 is 5.56 Å². The monoisotopic (exact) mass is 478 g/mol. The average Bonchev–Trinajstić information content (AvgIpc) is 3.42. The summed E-state index contributed by atoms with van der Waals surface area (Å²) in [6, 6.07) is 5.78. The number of carbonyl (C=O) groups is 1. The van der Waals surface area contributed by atoms with Gasteiger partial charge in [-0.15, -0.1) is 0 Å². The van der Waals surface area contributed by atoms with Crippen molar-refractivity contribution in [3.63, 3.8) is 0 Å². The molecule has 1 saturated carbocycles. The Balaban J connectivity index is 1.16. The lowest BCUT2D eigenvalue weighted by Crippen LogP contribution is -2.49. The molecule has 6 rings (SSSR count). The van der Waals surface area contributed by atoms with Gasteiger partial charge >= 0.3 is 0 Å². The molecule has 1 aliphatic carbocycles. The highest BCUT2D eigenvalue weighted by molar-refractivity contribution is 5.91. The number of oxazole rings is 1. The molecule has 0 unspecified atom stereocenters. The predicted molar refractivity (Wildman–Crippen MR) is 121 cm³/mol. The number of hydrogen-bond acceptors (Lipinski definition) is 7. The SMILES string of the molecule is O=C(c1cnc(C2CC2)o1)N1CCC(O)(Cn2cnn3c(-c4ccc(F)cc4)ncc3c2=O)CC1. The largest absolute Gasteiger partial charge is 0.435 e. The first-order valence-electron chi connectivity index (χ1n) is 11.6. The Kier molecular flexibility index (Phi) is 5.03. The van der Waals surface area contributed by atoms with E-state index < -0.39 is 5.60 Å². The summed E-state index contributed by atoms with van der Waals surface area (Å²) in [4.78, 5) is 36.0. The van der Waals surface area contributed by atoms with Crippen LogP contribution in [0.2, 0.25) is 0 Å².